The van der Waals surface area contributed by atoms with Gasteiger partial charge in [-0.05, 0) is 35.6 Å². The Morgan fingerprint density at radius 3 is 2.48 bits per heavy atom. The minimum Gasteiger partial charge on any atom is -0.309 e. The van der Waals surface area contributed by atoms with Crippen molar-refractivity contribution in [2.75, 3.05) is 0 Å². The highest BCUT2D eigenvalue weighted by Gasteiger charge is 2.20. The first kappa shape index (κ1) is 14.2. The highest BCUT2D eigenvalue weighted by molar-refractivity contribution is 9.10. The van der Waals surface area contributed by atoms with Crippen LogP contribution in [0.4, 0.5) is 5.69 Å². The summed E-state index contributed by atoms with van der Waals surface area (Å²) in [5.74, 6) is 0. The van der Waals surface area contributed by atoms with Crippen LogP contribution in [0, 0.1) is 10.1 Å². The topological polar surface area (TPSA) is 55.2 Å². The summed E-state index contributed by atoms with van der Waals surface area (Å²) in [6.07, 6.45) is 2.04. The Kier molecular flexibility index (Phi) is 4.03. The zero-order valence-electron chi connectivity index (χ0n) is 11.4. The van der Waals surface area contributed by atoms with Gasteiger partial charge in [0.05, 0.1) is 4.92 Å². The first-order valence-electron chi connectivity index (χ1n) is 6.86. The monoisotopic (exact) mass is 346 g/mol. The van der Waals surface area contributed by atoms with Gasteiger partial charge in [0.25, 0.3) is 5.69 Å². The van der Waals surface area contributed by atoms with Gasteiger partial charge < -0.3 is 5.32 Å². The Hall–Kier alpha value is -1.72. The third kappa shape index (κ3) is 3.31. The quantitative estimate of drug-likeness (QED) is 0.679. The second kappa shape index (κ2) is 5.95. The summed E-state index contributed by atoms with van der Waals surface area (Å²) in [7, 11) is 0. The van der Waals surface area contributed by atoms with Gasteiger partial charge in [-0.1, -0.05) is 40.2 Å². The number of nitrogens with zero attached hydrogens (tertiary/aromatic N) is 1. The van der Waals surface area contributed by atoms with Crippen LogP contribution < -0.4 is 5.32 Å². The van der Waals surface area contributed by atoms with Gasteiger partial charge in [0.2, 0.25) is 0 Å². The van der Waals surface area contributed by atoms with Gasteiger partial charge in [0.1, 0.15) is 0 Å². The Balaban J connectivity index is 1.65. The van der Waals surface area contributed by atoms with Crippen molar-refractivity contribution in [1.29, 1.82) is 0 Å². The molecule has 2 aromatic rings. The second-order valence-corrected chi connectivity index (χ2v) is 6.25. The molecule has 5 heteroatoms. The van der Waals surface area contributed by atoms with E-state index in [1.165, 1.54) is 17.2 Å². The maximum Gasteiger partial charge on any atom is 0.270 e. The molecule has 0 aromatic heterocycles. The first-order valence-corrected chi connectivity index (χ1v) is 7.65. The second-order valence-electron chi connectivity index (χ2n) is 5.33. The van der Waals surface area contributed by atoms with Crippen LogP contribution in [-0.2, 0) is 19.4 Å². The summed E-state index contributed by atoms with van der Waals surface area (Å²) in [6.45, 7) is 0.638. The lowest BCUT2D eigenvalue weighted by atomic mass is 10.1. The number of nitro benzene ring substituents is 1. The molecule has 0 fully saturated rings. The van der Waals surface area contributed by atoms with Crippen molar-refractivity contribution in [3.8, 4) is 0 Å². The number of benzene rings is 2. The Labute approximate surface area is 131 Å². The highest BCUT2D eigenvalue weighted by atomic mass is 79.9. The molecular formula is C16H15BrN2O2. The third-order valence-corrected chi connectivity index (χ3v) is 4.26. The summed E-state index contributed by atoms with van der Waals surface area (Å²) in [5.41, 5.74) is 3.84. The van der Waals surface area contributed by atoms with Gasteiger partial charge in [-0.3, -0.25) is 10.1 Å². The normalized spacial score (nSPS) is 14.1. The van der Waals surface area contributed by atoms with Crippen molar-refractivity contribution in [3.63, 3.8) is 0 Å². The molecule has 0 heterocycles. The van der Waals surface area contributed by atoms with Crippen LogP contribution in [0.5, 0.6) is 0 Å². The van der Waals surface area contributed by atoms with Crippen LogP contribution in [0.3, 0.4) is 0 Å². The van der Waals surface area contributed by atoms with E-state index in [4.69, 9.17) is 0 Å². The SMILES string of the molecule is O=[N+]([O-])c1cc(Br)cc(CNC2Cc3ccccc3C2)c1. The molecule has 0 saturated carbocycles. The van der Waals surface area contributed by atoms with Crippen LogP contribution in [0.25, 0.3) is 0 Å². The molecule has 1 aliphatic rings. The van der Waals surface area contributed by atoms with E-state index >= 15 is 0 Å². The number of fused-ring (bicyclic) bond motifs is 1. The molecule has 1 aliphatic carbocycles. The largest absolute Gasteiger partial charge is 0.309 e. The standard InChI is InChI=1S/C16H15BrN2O2/c17-14-5-11(6-16(9-14)19(20)21)10-18-15-7-12-3-1-2-4-13(12)8-15/h1-6,9,15,18H,7-8,10H2. The molecular weight excluding hydrogens is 332 g/mol. The molecule has 0 spiro atoms. The van der Waals surface area contributed by atoms with Gasteiger partial charge in [0.15, 0.2) is 0 Å². The number of non-ortho nitro benzene ring substituents is 1. The van der Waals surface area contributed by atoms with Crippen LogP contribution in [0.15, 0.2) is 46.9 Å². The van der Waals surface area contributed by atoms with Crippen molar-refractivity contribution >= 4 is 21.6 Å². The van der Waals surface area contributed by atoms with E-state index in [-0.39, 0.29) is 10.6 Å². The maximum atomic E-state index is 10.9. The predicted molar refractivity (Wildman–Crippen MR) is 85.3 cm³/mol. The number of hydrogen-bond acceptors (Lipinski definition) is 3. The van der Waals surface area contributed by atoms with Crippen LogP contribution in [0.2, 0.25) is 0 Å². The van der Waals surface area contributed by atoms with Gasteiger partial charge in [-0.25, -0.2) is 0 Å². The molecule has 3 rings (SSSR count). The third-order valence-electron chi connectivity index (χ3n) is 3.80. The van der Waals surface area contributed by atoms with E-state index in [1.807, 2.05) is 6.07 Å². The molecule has 2 aromatic carbocycles. The van der Waals surface area contributed by atoms with Gasteiger partial charge >= 0.3 is 0 Å². The minimum absolute atomic E-state index is 0.121. The number of rotatable bonds is 4. The van der Waals surface area contributed by atoms with Crippen LogP contribution in [0.1, 0.15) is 16.7 Å². The lowest BCUT2D eigenvalue weighted by Gasteiger charge is -2.12. The molecule has 108 valence electrons. The number of nitrogens with one attached hydrogen (secondary N) is 1. The Morgan fingerprint density at radius 2 is 1.86 bits per heavy atom. The average molecular weight is 347 g/mol. The van der Waals surface area contributed by atoms with E-state index < -0.39 is 0 Å². The van der Waals surface area contributed by atoms with Crippen molar-refractivity contribution < 1.29 is 4.92 Å². The fourth-order valence-electron chi connectivity index (χ4n) is 2.81. The summed E-state index contributed by atoms with van der Waals surface area (Å²) in [6, 6.07) is 13.9. The molecule has 0 radical (unpaired) electrons. The zero-order chi connectivity index (χ0) is 14.8. The molecule has 0 bridgehead atoms. The van der Waals surface area contributed by atoms with Crippen LogP contribution >= 0.6 is 15.9 Å². The summed E-state index contributed by atoms with van der Waals surface area (Å²) >= 11 is 3.33. The molecule has 0 unspecified atom stereocenters. The summed E-state index contributed by atoms with van der Waals surface area (Å²) in [4.78, 5) is 10.5. The smallest absolute Gasteiger partial charge is 0.270 e. The first-order chi connectivity index (χ1) is 10.1. The fraction of sp³-hybridized carbons (Fsp3) is 0.250. The van der Waals surface area contributed by atoms with E-state index in [0.29, 0.717) is 12.6 Å². The Bertz CT molecular complexity index is 663. The lowest BCUT2D eigenvalue weighted by molar-refractivity contribution is -0.385. The van der Waals surface area contributed by atoms with E-state index in [1.54, 1.807) is 6.07 Å². The fourth-order valence-corrected chi connectivity index (χ4v) is 3.33. The number of hydrogen-bond donors (Lipinski definition) is 1. The van der Waals surface area contributed by atoms with Crippen molar-refractivity contribution in [3.05, 3.63) is 73.7 Å². The van der Waals surface area contributed by atoms with Crippen molar-refractivity contribution in [1.82, 2.24) is 5.32 Å². The maximum absolute atomic E-state index is 10.9. The molecule has 0 atom stereocenters. The van der Waals surface area contributed by atoms with Crippen molar-refractivity contribution in [2.45, 2.75) is 25.4 Å². The highest BCUT2D eigenvalue weighted by Crippen LogP contribution is 2.24. The Morgan fingerprint density at radius 1 is 1.19 bits per heavy atom. The number of nitro groups is 1. The molecule has 1 N–H and O–H groups in total. The molecule has 0 saturated heterocycles. The van der Waals surface area contributed by atoms with Crippen LogP contribution in [-0.4, -0.2) is 11.0 Å². The van der Waals surface area contributed by atoms with Crippen molar-refractivity contribution in [2.24, 2.45) is 0 Å². The van der Waals surface area contributed by atoms with Gasteiger partial charge in [-0.2, -0.15) is 0 Å². The molecule has 0 aliphatic heterocycles. The lowest BCUT2D eigenvalue weighted by Crippen LogP contribution is -2.28. The van der Waals surface area contributed by atoms with Gasteiger partial charge in [0, 0.05) is 29.2 Å². The van der Waals surface area contributed by atoms with E-state index in [9.17, 15) is 10.1 Å². The summed E-state index contributed by atoms with van der Waals surface area (Å²) < 4.78 is 0.739. The average Bonchev–Trinajstić information content (AvgIpc) is 2.87. The molecule has 4 nitrogen and oxygen atoms in total. The number of halogens is 1. The van der Waals surface area contributed by atoms with Gasteiger partial charge in [-0.15, -0.1) is 0 Å². The minimum atomic E-state index is -0.361. The predicted octanol–water partition coefficient (Wildman–Crippen LogP) is 3.61. The zero-order valence-corrected chi connectivity index (χ0v) is 13.0. The molecule has 0 amide bonds. The van der Waals surface area contributed by atoms with E-state index in [0.717, 1.165) is 22.9 Å². The summed E-state index contributed by atoms with van der Waals surface area (Å²) in [5, 5.41) is 14.4. The van der Waals surface area contributed by atoms with E-state index in [2.05, 4.69) is 45.5 Å². The molecule has 21 heavy (non-hydrogen) atoms.